The standard InChI is InChI=1S/C24H33N3O5S/c1-17-6-7-21(14-22(17)33(29,30)27-8-10-32-11-9-27)25-23(28)16-26(4)15-20-12-18(2)24(31-5)19(3)13-20/h6-7,12-14H,8-11,15-16H2,1-5H3,(H,25,28). The summed E-state index contributed by atoms with van der Waals surface area (Å²) in [5, 5.41) is 2.83. The van der Waals surface area contributed by atoms with Gasteiger partial charge >= 0.3 is 0 Å². The van der Waals surface area contributed by atoms with Gasteiger partial charge in [0.25, 0.3) is 0 Å². The number of rotatable bonds is 8. The SMILES string of the molecule is COc1c(C)cc(CN(C)CC(=O)Nc2ccc(C)c(S(=O)(=O)N3CCOCC3)c2)cc1C. The zero-order valence-corrected chi connectivity index (χ0v) is 20.8. The summed E-state index contributed by atoms with van der Waals surface area (Å²) in [6, 6.07) is 9.09. The van der Waals surface area contributed by atoms with Gasteiger partial charge in [0.15, 0.2) is 0 Å². The highest BCUT2D eigenvalue weighted by Gasteiger charge is 2.28. The number of hydrogen-bond acceptors (Lipinski definition) is 6. The van der Waals surface area contributed by atoms with Crippen LogP contribution in [0.2, 0.25) is 0 Å². The average molecular weight is 476 g/mol. The molecule has 0 spiro atoms. The lowest BCUT2D eigenvalue weighted by Gasteiger charge is -2.27. The van der Waals surface area contributed by atoms with Crippen molar-refractivity contribution in [3.63, 3.8) is 0 Å². The number of likely N-dealkylation sites (N-methyl/N-ethyl adjacent to an activating group) is 1. The molecule has 9 heteroatoms. The van der Waals surface area contributed by atoms with Gasteiger partial charge in [0.2, 0.25) is 15.9 Å². The zero-order valence-electron chi connectivity index (χ0n) is 20.0. The van der Waals surface area contributed by atoms with E-state index >= 15 is 0 Å². The Morgan fingerprint density at radius 3 is 2.33 bits per heavy atom. The van der Waals surface area contributed by atoms with Gasteiger partial charge in [-0.2, -0.15) is 4.31 Å². The molecule has 0 radical (unpaired) electrons. The number of carbonyl (C=O) groups is 1. The lowest BCUT2D eigenvalue weighted by atomic mass is 10.1. The fourth-order valence-electron chi connectivity index (χ4n) is 4.15. The van der Waals surface area contributed by atoms with Crippen molar-refractivity contribution in [1.29, 1.82) is 0 Å². The molecule has 2 aromatic carbocycles. The summed E-state index contributed by atoms with van der Waals surface area (Å²) in [4.78, 5) is 14.8. The normalized spacial score (nSPS) is 15.0. The molecule has 1 aliphatic heterocycles. The maximum absolute atomic E-state index is 13.1. The van der Waals surface area contributed by atoms with Crippen molar-refractivity contribution in [2.24, 2.45) is 0 Å². The minimum Gasteiger partial charge on any atom is -0.496 e. The van der Waals surface area contributed by atoms with Gasteiger partial charge in [-0.05, 0) is 62.2 Å². The first-order valence-electron chi connectivity index (χ1n) is 10.9. The number of methoxy groups -OCH3 is 1. The van der Waals surface area contributed by atoms with Crippen molar-refractivity contribution in [1.82, 2.24) is 9.21 Å². The molecule has 1 amide bonds. The number of anilines is 1. The van der Waals surface area contributed by atoms with E-state index in [1.165, 1.54) is 10.4 Å². The van der Waals surface area contributed by atoms with E-state index in [4.69, 9.17) is 9.47 Å². The van der Waals surface area contributed by atoms with Crippen LogP contribution < -0.4 is 10.1 Å². The second-order valence-electron chi connectivity index (χ2n) is 8.48. The van der Waals surface area contributed by atoms with Crippen LogP contribution in [0.1, 0.15) is 22.3 Å². The molecule has 1 heterocycles. The highest BCUT2D eigenvalue weighted by molar-refractivity contribution is 7.89. The van der Waals surface area contributed by atoms with Gasteiger partial charge in [-0.15, -0.1) is 0 Å². The summed E-state index contributed by atoms with van der Waals surface area (Å²) in [6.45, 7) is 7.95. The molecule has 2 aromatic rings. The van der Waals surface area contributed by atoms with Gasteiger partial charge in [0.05, 0.1) is 31.8 Å². The highest BCUT2D eigenvalue weighted by Crippen LogP contribution is 2.26. The van der Waals surface area contributed by atoms with Crippen molar-refractivity contribution in [2.45, 2.75) is 32.2 Å². The van der Waals surface area contributed by atoms with Crippen LogP contribution in [0.3, 0.4) is 0 Å². The summed E-state index contributed by atoms with van der Waals surface area (Å²) in [7, 11) is -0.114. The van der Waals surface area contributed by atoms with Crippen molar-refractivity contribution in [3.05, 3.63) is 52.6 Å². The third-order valence-corrected chi connectivity index (χ3v) is 7.69. The Kier molecular flexibility index (Phi) is 8.12. The summed E-state index contributed by atoms with van der Waals surface area (Å²) in [5.41, 5.74) is 4.30. The van der Waals surface area contributed by atoms with Crippen LogP contribution in [0.25, 0.3) is 0 Å². The predicted octanol–water partition coefficient (Wildman–Crippen LogP) is 2.71. The summed E-state index contributed by atoms with van der Waals surface area (Å²) < 4.78 is 38.2. The lowest BCUT2D eigenvalue weighted by molar-refractivity contribution is -0.117. The maximum Gasteiger partial charge on any atom is 0.243 e. The van der Waals surface area contributed by atoms with Gasteiger partial charge in [0, 0.05) is 25.3 Å². The monoisotopic (exact) mass is 475 g/mol. The van der Waals surface area contributed by atoms with E-state index in [2.05, 4.69) is 17.4 Å². The number of ether oxygens (including phenoxy) is 2. The van der Waals surface area contributed by atoms with Gasteiger partial charge in [-0.25, -0.2) is 8.42 Å². The number of nitrogens with zero attached hydrogens (tertiary/aromatic N) is 2. The molecular weight excluding hydrogens is 442 g/mol. The minimum absolute atomic E-state index is 0.170. The molecule has 1 aliphatic rings. The largest absolute Gasteiger partial charge is 0.496 e. The Bertz CT molecular complexity index is 1090. The number of carbonyl (C=O) groups excluding carboxylic acids is 1. The second-order valence-corrected chi connectivity index (χ2v) is 10.4. The second kappa shape index (κ2) is 10.6. The van der Waals surface area contributed by atoms with E-state index in [9.17, 15) is 13.2 Å². The van der Waals surface area contributed by atoms with Crippen molar-refractivity contribution < 1.29 is 22.7 Å². The van der Waals surface area contributed by atoms with Gasteiger partial charge in [0.1, 0.15) is 5.75 Å². The smallest absolute Gasteiger partial charge is 0.243 e. The Morgan fingerprint density at radius 1 is 1.09 bits per heavy atom. The topological polar surface area (TPSA) is 88.2 Å². The van der Waals surface area contributed by atoms with Gasteiger partial charge < -0.3 is 14.8 Å². The number of aryl methyl sites for hydroxylation is 3. The van der Waals surface area contributed by atoms with Crippen molar-refractivity contribution in [2.75, 3.05) is 52.3 Å². The van der Waals surface area contributed by atoms with Crippen molar-refractivity contribution >= 4 is 21.6 Å². The molecule has 0 aliphatic carbocycles. The summed E-state index contributed by atoms with van der Waals surface area (Å²) in [6.07, 6.45) is 0. The summed E-state index contributed by atoms with van der Waals surface area (Å²) in [5.74, 6) is 0.666. The molecule has 0 bridgehead atoms. The molecule has 1 saturated heterocycles. The van der Waals surface area contributed by atoms with E-state index in [0.29, 0.717) is 44.1 Å². The van der Waals surface area contributed by atoms with Crippen LogP contribution in [0.4, 0.5) is 5.69 Å². The zero-order chi connectivity index (χ0) is 24.2. The molecule has 8 nitrogen and oxygen atoms in total. The first-order valence-corrected chi connectivity index (χ1v) is 12.4. The molecular formula is C24H33N3O5S. The number of nitrogens with one attached hydrogen (secondary N) is 1. The van der Waals surface area contributed by atoms with E-state index < -0.39 is 10.0 Å². The number of benzene rings is 2. The van der Waals surface area contributed by atoms with E-state index in [-0.39, 0.29) is 17.3 Å². The quantitative estimate of drug-likeness (QED) is 0.632. The molecule has 33 heavy (non-hydrogen) atoms. The maximum atomic E-state index is 13.1. The van der Waals surface area contributed by atoms with Crippen LogP contribution in [0.5, 0.6) is 5.75 Å². The first-order chi connectivity index (χ1) is 15.6. The lowest BCUT2D eigenvalue weighted by Crippen LogP contribution is -2.40. The molecule has 180 valence electrons. The number of hydrogen-bond donors (Lipinski definition) is 1. The Morgan fingerprint density at radius 2 is 1.73 bits per heavy atom. The van der Waals surface area contributed by atoms with Gasteiger partial charge in [-0.3, -0.25) is 9.69 Å². The molecule has 1 fully saturated rings. The third-order valence-electron chi connectivity index (χ3n) is 5.65. The van der Waals surface area contributed by atoms with Crippen LogP contribution in [0.15, 0.2) is 35.2 Å². The molecule has 0 atom stereocenters. The van der Waals surface area contributed by atoms with Crippen LogP contribution in [-0.4, -0.2) is 70.5 Å². The Balaban J connectivity index is 1.66. The highest BCUT2D eigenvalue weighted by atomic mass is 32.2. The third kappa shape index (κ3) is 6.11. The Hall–Kier alpha value is -2.46. The minimum atomic E-state index is -3.65. The fraction of sp³-hybridized carbons (Fsp3) is 0.458. The van der Waals surface area contributed by atoms with Crippen LogP contribution in [-0.2, 0) is 26.1 Å². The number of morpholine rings is 1. The number of sulfonamides is 1. The van der Waals surface area contributed by atoms with Crippen LogP contribution >= 0.6 is 0 Å². The van der Waals surface area contributed by atoms with E-state index in [0.717, 1.165) is 22.4 Å². The van der Waals surface area contributed by atoms with E-state index in [1.54, 1.807) is 26.2 Å². The fourth-order valence-corrected chi connectivity index (χ4v) is 5.81. The Labute approximate surface area is 196 Å². The molecule has 0 unspecified atom stereocenters. The van der Waals surface area contributed by atoms with Crippen LogP contribution in [0, 0.1) is 20.8 Å². The molecule has 0 aromatic heterocycles. The first kappa shape index (κ1) is 25.2. The van der Waals surface area contributed by atoms with Gasteiger partial charge in [-0.1, -0.05) is 18.2 Å². The molecule has 3 rings (SSSR count). The molecule has 0 saturated carbocycles. The molecule has 1 N–H and O–H groups in total. The summed E-state index contributed by atoms with van der Waals surface area (Å²) >= 11 is 0. The average Bonchev–Trinajstić information content (AvgIpc) is 2.75. The van der Waals surface area contributed by atoms with Crippen molar-refractivity contribution in [3.8, 4) is 5.75 Å². The number of amides is 1. The predicted molar refractivity (Wildman–Crippen MR) is 128 cm³/mol. The van der Waals surface area contributed by atoms with E-state index in [1.807, 2.05) is 25.8 Å².